The molecule has 1 aliphatic carbocycles. The maximum absolute atomic E-state index is 3.81. The largest absolute Gasteiger partial charge is 0.381 e. The molecule has 0 atom stereocenters. The SMILES string of the molecule is C=Cc1cccc(NCc2ccc(C3=CC=C(C)CC3)cc2)c1. The Morgan fingerprint density at radius 1 is 1.04 bits per heavy atom. The summed E-state index contributed by atoms with van der Waals surface area (Å²) < 4.78 is 0. The van der Waals surface area contributed by atoms with E-state index in [9.17, 15) is 0 Å². The van der Waals surface area contributed by atoms with E-state index in [0.717, 1.165) is 24.2 Å². The third kappa shape index (κ3) is 4.01. The van der Waals surface area contributed by atoms with Gasteiger partial charge in [-0.15, -0.1) is 0 Å². The van der Waals surface area contributed by atoms with E-state index >= 15 is 0 Å². The van der Waals surface area contributed by atoms with Gasteiger partial charge in [-0.3, -0.25) is 0 Å². The van der Waals surface area contributed by atoms with Crippen LogP contribution in [0, 0.1) is 0 Å². The molecular formula is C22H23N. The van der Waals surface area contributed by atoms with E-state index in [4.69, 9.17) is 0 Å². The molecule has 1 aliphatic rings. The Morgan fingerprint density at radius 2 is 1.87 bits per heavy atom. The van der Waals surface area contributed by atoms with Gasteiger partial charge in [-0.2, -0.15) is 0 Å². The summed E-state index contributed by atoms with van der Waals surface area (Å²) in [6.45, 7) is 6.84. The van der Waals surface area contributed by atoms with E-state index in [1.165, 1.54) is 28.7 Å². The second kappa shape index (κ2) is 7.15. The Morgan fingerprint density at radius 3 is 2.57 bits per heavy atom. The molecule has 0 amide bonds. The van der Waals surface area contributed by atoms with Crippen molar-refractivity contribution < 1.29 is 0 Å². The summed E-state index contributed by atoms with van der Waals surface area (Å²) in [5.74, 6) is 0. The van der Waals surface area contributed by atoms with Crippen LogP contribution >= 0.6 is 0 Å². The molecule has 0 bridgehead atoms. The maximum Gasteiger partial charge on any atom is 0.0400 e. The molecule has 116 valence electrons. The van der Waals surface area contributed by atoms with Gasteiger partial charge in [-0.1, -0.05) is 66.8 Å². The van der Waals surface area contributed by atoms with Crippen LogP contribution in [-0.4, -0.2) is 0 Å². The Labute approximate surface area is 139 Å². The summed E-state index contributed by atoms with van der Waals surface area (Å²) in [4.78, 5) is 0. The number of hydrogen-bond donors (Lipinski definition) is 1. The number of allylic oxidation sites excluding steroid dienone is 4. The molecule has 0 fully saturated rings. The van der Waals surface area contributed by atoms with Crippen molar-refractivity contribution in [3.05, 3.63) is 89.5 Å². The van der Waals surface area contributed by atoms with Crippen molar-refractivity contribution in [3.8, 4) is 0 Å². The molecule has 2 aromatic carbocycles. The van der Waals surface area contributed by atoms with E-state index in [0.29, 0.717) is 0 Å². The van der Waals surface area contributed by atoms with Crippen LogP contribution in [-0.2, 0) is 6.54 Å². The monoisotopic (exact) mass is 301 g/mol. The zero-order valence-corrected chi connectivity index (χ0v) is 13.7. The topological polar surface area (TPSA) is 12.0 Å². The molecule has 3 rings (SSSR count). The summed E-state index contributed by atoms with van der Waals surface area (Å²) >= 11 is 0. The third-order valence-electron chi connectivity index (χ3n) is 4.30. The van der Waals surface area contributed by atoms with Crippen LogP contribution in [0.5, 0.6) is 0 Å². The van der Waals surface area contributed by atoms with Gasteiger partial charge in [0, 0.05) is 12.2 Å². The van der Waals surface area contributed by atoms with Crippen molar-refractivity contribution in [1.29, 1.82) is 0 Å². The fourth-order valence-corrected chi connectivity index (χ4v) is 2.80. The third-order valence-corrected chi connectivity index (χ3v) is 4.30. The number of hydrogen-bond acceptors (Lipinski definition) is 1. The molecule has 0 saturated carbocycles. The molecule has 0 spiro atoms. The lowest BCUT2D eigenvalue weighted by molar-refractivity contribution is 0.976. The van der Waals surface area contributed by atoms with Gasteiger partial charge in [-0.25, -0.2) is 0 Å². The highest BCUT2D eigenvalue weighted by molar-refractivity contribution is 5.69. The number of nitrogens with one attached hydrogen (secondary N) is 1. The summed E-state index contributed by atoms with van der Waals surface area (Å²) in [7, 11) is 0. The zero-order chi connectivity index (χ0) is 16.1. The quantitative estimate of drug-likeness (QED) is 0.707. The first-order chi connectivity index (χ1) is 11.2. The normalized spacial score (nSPS) is 14.0. The van der Waals surface area contributed by atoms with E-state index < -0.39 is 0 Å². The highest BCUT2D eigenvalue weighted by Crippen LogP contribution is 2.26. The zero-order valence-electron chi connectivity index (χ0n) is 13.7. The first-order valence-corrected chi connectivity index (χ1v) is 8.16. The van der Waals surface area contributed by atoms with Crippen molar-refractivity contribution in [3.63, 3.8) is 0 Å². The average Bonchev–Trinajstić information content (AvgIpc) is 2.61. The molecule has 1 nitrogen and oxygen atoms in total. The second-order valence-corrected chi connectivity index (χ2v) is 6.08. The fraction of sp³-hybridized carbons (Fsp3) is 0.182. The van der Waals surface area contributed by atoms with Gasteiger partial charge in [0.1, 0.15) is 0 Å². The summed E-state index contributed by atoms with van der Waals surface area (Å²) in [5.41, 5.74) is 7.80. The van der Waals surface area contributed by atoms with Crippen LogP contribution in [0.3, 0.4) is 0 Å². The number of anilines is 1. The van der Waals surface area contributed by atoms with Gasteiger partial charge in [0.25, 0.3) is 0 Å². The molecular weight excluding hydrogens is 278 g/mol. The van der Waals surface area contributed by atoms with Gasteiger partial charge in [-0.05, 0) is 54.2 Å². The fourth-order valence-electron chi connectivity index (χ4n) is 2.80. The van der Waals surface area contributed by atoms with Gasteiger partial charge >= 0.3 is 0 Å². The summed E-state index contributed by atoms with van der Waals surface area (Å²) in [5, 5.41) is 3.47. The van der Waals surface area contributed by atoms with Crippen LogP contribution in [0.15, 0.2) is 72.8 Å². The average molecular weight is 301 g/mol. The Hall–Kier alpha value is -2.54. The first-order valence-electron chi connectivity index (χ1n) is 8.16. The molecule has 2 aromatic rings. The van der Waals surface area contributed by atoms with E-state index in [2.05, 4.69) is 73.4 Å². The lowest BCUT2D eigenvalue weighted by Gasteiger charge is -2.13. The molecule has 1 N–H and O–H groups in total. The van der Waals surface area contributed by atoms with Crippen LogP contribution < -0.4 is 5.32 Å². The molecule has 23 heavy (non-hydrogen) atoms. The van der Waals surface area contributed by atoms with E-state index in [1.54, 1.807) is 0 Å². The number of benzene rings is 2. The molecule has 0 aromatic heterocycles. The van der Waals surface area contributed by atoms with Gasteiger partial charge in [0.2, 0.25) is 0 Å². The van der Waals surface area contributed by atoms with E-state index in [-0.39, 0.29) is 0 Å². The minimum Gasteiger partial charge on any atom is -0.381 e. The van der Waals surface area contributed by atoms with Crippen LogP contribution in [0.1, 0.15) is 36.5 Å². The van der Waals surface area contributed by atoms with Crippen LogP contribution in [0.2, 0.25) is 0 Å². The van der Waals surface area contributed by atoms with E-state index in [1.807, 2.05) is 12.1 Å². The number of rotatable bonds is 5. The molecule has 0 heterocycles. The Kier molecular flexibility index (Phi) is 4.77. The molecule has 0 saturated heterocycles. The minimum atomic E-state index is 0.832. The summed E-state index contributed by atoms with van der Waals surface area (Å²) in [6.07, 6.45) is 8.69. The van der Waals surface area contributed by atoms with Gasteiger partial charge in [0.05, 0.1) is 0 Å². The predicted octanol–water partition coefficient (Wildman–Crippen LogP) is 6.07. The van der Waals surface area contributed by atoms with Gasteiger partial charge in [0.15, 0.2) is 0 Å². The molecule has 1 heteroatoms. The van der Waals surface area contributed by atoms with Crippen molar-refractivity contribution in [2.75, 3.05) is 5.32 Å². The predicted molar refractivity (Wildman–Crippen MR) is 101 cm³/mol. The van der Waals surface area contributed by atoms with Crippen LogP contribution in [0.25, 0.3) is 11.6 Å². The van der Waals surface area contributed by atoms with Crippen LogP contribution in [0.4, 0.5) is 5.69 Å². The Bertz CT molecular complexity index is 748. The smallest absolute Gasteiger partial charge is 0.0400 e. The van der Waals surface area contributed by atoms with Crippen molar-refractivity contribution in [2.45, 2.75) is 26.3 Å². The minimum absolute atomic E-state index is 0.832. The van der Waals surface area contributed by atoms with Gasteiger partial charge < -0.3 is 5.32 Å². The maximum atomic E-state index is 3.81. The van der Waals surface area contributed by atoms with Crippen molar-refractivity contribution in [2.24, 2.45) is 0 Å². The molecule has 0 aliphatic heterocycles. The molecule has 0 radical (unpaired) electrons. The Balaban J connectivity index is 1.64. The standard InChI is InChI=1S/C22H23N/c1-3-18-5-4-6-22(15-18)23-16-19-9-13-21(14-10-19)20-11-7-17(2)8-12-20/h3-7,9-11,13-15,23H,1,8,12,16H2,2H3. The summed E-state index contributed by atoms with van der Waals surface area (Å²) in [6, 6.07) is 17.2. The highest BCUT2D eigenvalue weighted by Gasteiger charge is 2.06. The highest BCUT2D eigenvalue weighted by atomic mass is 14.9. The molecule has 0 unspecified atom stereocenters. The second-order valence-electron chi connectivity index (χ2n) is 6.08. The lowest BCUT2D eigenvalue weighted by Crippen LogP contribution is -1.99. The van der Waals surface area contributed by atoms with Crippen molar-refractivity contribution in [1.82, 2.24) is 0 Å². The van der Waals surface area contributed by atoms with Crippen molar-refractivity contribution >= 4 is 17.3 Å². The lowest BCUT2D eigenvalue weighted by atomic mass is 9.93. The first kappa shape index (κ1) is 15.4.